The van der Waals surface area contributed by atoms with Gasteiger partial charge in [0.15, 0.2) is 11.6 Å². The number of benzene rings is 2. The molecule has 20 heavy (non-hydrogen) atoms. The van der Waals surface area contributed by atoms with Crippen molar-refractivity contribution in [2.24, 2.45) is 0 Å². The van der Waals surface area contributed by atoms with Crippen LogP contribution in [0.3, 0.4) is 0 Å². The molecule has 3 nitrogen and oxygen atoms in total. The van der Waals surface area contributed by atoms with Gasteiger partial charge in [0.25, 0.3) is 0 Å². The minimum absolute atomic E-state index is 0.340. The molecule has 0 bridgehead atoms. The molecule has 2 rings (SSSR count). The van der Waals surface area contributed by atoms with Crippen molar-refractivity contribution in [1.82, 2.24) is 0 Å². The summed E-state index contributed by atoms with van der Waals surface area (Å²) in [5.41, 5.74) is 0.634. The lowest BCUT2D eigenvalue weighted by atomic mass is 10.2. The summed E-state index contributed by atoms with van der Waals surface area (Å²) in [4.78, 5) is 0. The first kappa shape index (κ1) is 14.6. The molecule has 0 saturated carbocycles. The van der Waals surface area contributed by atoms with E-state index in [9.17, 15) is 12.8 Å². The van der Waals surface area contributed by atoms with Crippen LogP contribution in [0.25, 0.3) is 6.08 Å². The third-order valence-electron chi connectivity index (χ3n) is 2.34. The molecule has 0 aliphatic heterocycles. The Balaban J connectivity index is 2.15. The minimum atomic E-state index is -4.02. The molecule has 0 N–H and O–H groups in total. The number of para-hydroxylation sites is 1. The van der Waals surface area contributed by atoms with Gasteiger partial charge < -0.3 is 4.18 Å². The zero-order valence-corrected chi connectivity index (χ0v) is 11.7. The van der Waals surface area contributed by atoms with Crippen molar-refractivity contribution in [3.63, 3.8) is 0 Å². The van der Waals surface area contributed by atoms with Crippen molar-refractivity contribution in [2.75, 3.05) is 0 Å². The molecule has 0 unspecified atom stereocenters. The fourth-order valence-corrected chi connectivity index (χ4v) is 2.29. The van der Waals surface area contributed by atoms with Crippen LogP contribution in [0.2, 0.25) is 5.02 Å². The van der Waals surface area contributed by atoms with Gasteiger partial charge in [-0.15, -0.1) is 0 Å². The molecule has 0 heterocycles. The maximum atomic E-state index is 13.3. The number of rotatable bonds is 4. The molecule has 0 aliphatic carbocycles. The van der Waals surface area contributed by atoms with Crippen molar-refractivity contribution in [3.8, 4) is 5.75 Å². The highest BCUT2D eigenvalue weighted by Crippen LogP contribution is 2.18. The standard InChI is InChI=1S/C14H10ClFO3S/c15-12-7-5-11(6-8-12)9-10-20(17,18)19-14-4-2-1-3-13(14)16/h1-10H/b10-9+. The summed E-state index contributed by atoms with van der Waals surface area (Å²) >= 11 is 5.72. The highest BCUT2D eigenvalue weighted by Gasteiger charge is 2.11. The first-order valence-electron chi connectivity index (χ1n) is 5.59. The Kier molecular flexibility index (Phi) is 4.42. The van der Waals surface area contributed by atoms with Crippen LogP contribution in [0.15, 0.2) is 53.9 Å². The van der Waals surface area contributed by atoms with E-state index >= 15 is 0 Å². The quantitative estimate of drug-likeness (QED) is 0.805. The Morgan fingerprint density at radius 2 is 1.70 bits per heavy atom. The van der Waals surface area contributed by atoms with Crippen molar-refractivity contribution in [3.05, 3.63) is 70.3 Å². The summed E-state index contributed by atoms with van der Waals surface area (Å²) in [6.45, 7) is 0. The van der Waals surface area contributed by atoms with Gasteiger partial charge in [-0.3, -0.25) is 0 Å². The molecule has 2 aromatic carbocycles. The maximum Gasteiger partial charge on any atom is 0.332 e. The molecule has 0 radical (unpaired) electrons. The number of halogens is 2. The zero-order valence-electron chi connectivity index (χ0n) is 10.2. The van der Waals surface area contributed by atoms with Gasteiger partial charge >= 0.3 is 10.1 Å². The van der Waals surface area contributed by atoms with E-state index in [1.54, 1.807) is 24.3 Å². The highest BCUT2D eigenvalue weighted by atomic mass is 35.5. The Morgan fingerprint density at radius 1 is 1.05 bits per heavy atom. The third kappa shape index (κ3) is 4.08. The summed E-state index contributed by atoms with van der Waals surface area (Å²) in [6, 6.07) is 11.8. The van der Waals surface area contributed by atoms with Crippen molar-refractivity contribution in [2.45, 2.75) is 0 Å². The molecule has 0 aromatic heterocycles. The Bertz CT molecular complexity index is 724. The Labute approximate surface area is 121 Å². The molecular weight excluding hydrogens is 303 g/mol. The van der Waals surface area contributed by atoms with E-state index in [-0.39, 0.29) is 5.75 Å². The number of hydrogen-bond acceptors (Lipinski definition) is 3. The first-order chi connectivity index (χ1) is 9.46. The predicted molar refractivity (Wildman–Crippen MR) is 76.4 cm³/mol. The molecule has 6 heteroatoms. The predicted octanol–water partition coefficient (Wildman–Crippen LogP) is 3.86. The first-order valence-corrected chi connectivity index (χ1v) is 7.44. The fourth-order valence-electron chi connectivity index (χ4n) is 1.40. The van der Waals surface area contributed by atoms with Crippen molar-refractivity contribution >= 4 is 27.8 Å². The minimum Gasteiger partial charge on any atom is -0.376 e. The van der Waals surface area contributed by atoms with Gasteiger partial charge in [0, 0.05) is 5.02 Å². The van der Waals surface area contributed by atoms with E-state index in [1.807, 2.05) is 0 Å². The van der Waals surface area contributed by atoms with E-state index in [4.69, 9.17) is 11.6 Å². The summed E-state index contributed by atoms with van der Waals surface area (Å²) in [6.07, 6.45) is 1.34. The van der Waals surface area contributed by atoms with Crippen LogP contribution in [-0.2, 0) is 10.1 Å². The van der Waals surface area contributed by atoms with Gasteiger partial charge in [-0.1, -0.05) is 35.9 Å². The molecule has 0 atom stereocenters. The lowest BCUT2D eigenvalue weighted by Gasteiger charge is -2.03. The van der Waals surface area contributed by atoms with Crippen LogP contribution in [0.5, 0.6) is 5.75 Å². The molecule has 0 aliphatic rings. The molecule has 0 saturated heterocycles. The molecule has 0 amide bonds. The maximum absolute atomic E-state index is 13.3. The van der Waals surface area contributed by atoms with Gasteiger partial charge in [-0.25, -0.2) is 4.39 Å². The number of hydrogen-bond donors (Lipinski definition) is 0. The average molecular weight is 313 g/mol. The molecule has 0 fully saturated rings. The average Bonchev–Trinajstić information content (AvgIpc) is 2.41. The third-order valence-corrected chi connectivity index (χ3v) is 3.47. The highest BCUT2D eigenvalue weighted by molar-refractivity contribution is 7.90. The van der Waals surface area contributed by atoms with E-state index in [0.717, 1.165) is 11.5 Å². The van der Waals surface area contributed by atoms with Gasteiger partial charge in [-0.05, 0) is 35.9 Å². The van der Waals surface area contributed by atoms with Crippen LogP contribution in [0.1, 0.15) is 5.56 Å². The molecule has 0 spiro atoms. The van der Waals surface area contributed by atoms with Crippen LogP contribution in [0, 0.1) is 5.82 Å². The van der Waals surface area contributed by atoms with Crippen LogP contribution >= 0.6 is 11.6 Å². The lowest BCUT2D eigenvalue weighted by molar-refractivity contribution is 0.470. The fraction of sp³-hybridized carbons (Fsp3) is 0. The van der Waals surface area contributed by atoms with E-state index in [0.29, 0.717) is 10.6 Å². The SMILES string of the molecule is O=S(=O)(/C=C/c1ccc(Cl)cc1)Oc1ccccc1F. The van der Waals surface area contributed by atoms with E-state index in [2.05, 4.69) is 4.18 Å². The Hall–Kier alpha value is -1.85. The largest absolute Gasteiger partial charge is 0.376 e. The summed E-state index contributed by atoms with van der Waals surface area (Å²) < 4.78 is 41.3. The van der Waals surface area contributed by atoms with Gasteiger partial charge in [-0.2, -0.15) is 8.42 Å². The molecular formula is C14H10ClFO3S. The van der Waals surface area contributed by atoms with E-state index < -0.39 is 15.9 Å². The van der Waals surface area contributed by atoms with Crippen molar-refractivity contribution in [1.29, 1.82) is 0 Å². The normalized spacial score (nSPS) is 11.7. The summed E-state index contributed by atoms with van der Waals surface area (Å²) in [7, 11) is -4.02. The van der Waals surface area contributed by atoms with Gasteiger partial charge in [0.05, 0.1) is 5.41 Å². The molecule has 104 valence electrons. The second kappa shape index (κ2) is 6.07. The van der Waals surface area contributed by atoms with Crippen LogP contribution in [-0.4, -0.2) is 8.42 Å². The van der Waals surface area contributed by atoms with E-state index in [1.165, 1.54) is 24.3 Å². The topological polar surface area (TPSA) is 43.4 Å². The second-order valence-corrected chi connectivity index (χ2v) is 5.72. The monoisotopic (exact) mass is 312 g/mol. The lowest BCUT2D eigenvalue weighted by Crippen LogP contribution is -2.06. The van der Waals surface area contributed by atoms with Gasteiger partial charge in [0.2, 0.25) is 0 Å². The van der Waals surface area contributed by atoms with Gasteiger partial charge in [0.1, 0.15) is 0 Å². The van der Waals surface area contributed by atoms with Crippen LogP contribution < -0.4 is 4.18 Å². The Morgan fingerprint density at radius 3 is 2.35 bits per heavy atom. The smallest absolute Gasteiger partial charge is 0.332 e. The second-order valence-electron chi connectivity index (χ2n) is 3.86. The van der Waals surface area contributed by atoms with Crippen LogP contribution in [0.4, 0.5) is 4.39 Å². The van der Waals surface area contributed by atoms with Crippen molar-refractivity contribution < 1.29 is 17.0 Å². The summed E-state index contributed by atoms with van der Waals surface area (Å²) in [5, 5.41) is 1.41. The molecule has 2 aromatic rings. The zero-order chi connectivity index (χ0) is 14.6. The summed E-state index contributed by atoms with van der Waals surface area (Å²) in [5.74, 6) is -1.08.